The van der Waals surface area contributed by atoms with E-state index in [-0.39, 0.29) is 12.4 Å². The van der Waals surface area contributed by atoms with Crippen molar-refractivity contribution in [1.82, 2.24) is 9.97 Å². The van der Waals surface area contributed by atoms with E-state index in [9.17, 15) is 14.9 Å². The van der Waals surface area contributed by atoms with Gasteiger partial charge in [-0.2, -0.15) is 5.26 Å². The van der Waals surface area contributed by atoms with Gasteiger partial charge in [-0.3, -0.25) is 9.59 Å². The average molecular weight is 529 g/mol. The third-order valence-corrected chi connectivity index (χ3v) is 6.10. The maximum absolute atomic E-state index is 12.9. The summed E-state index contributed by atoms with van der Waals surface area (Å²) in [5, 5.41) is 12.5. The highest BCUT2D eigenvalue weighted by Gasteiger charge is 2.16. The molecule has 196 valence electrons. The second-order valence-corrected chi connectivity index (χ2v) is 8.76. The van der Waals surface area contributed by atoms with Gasteiger partial charge in [-0.1, -0.05) is 60.7 Å². The number of nitrogens with zero attached hydrogens (tertiary/aromatic N) is 2. The number of amides is 1. The van der Waals surface area contributed by atoms with Crippen molar-refractivity contribution in [1.29, 1.82) is 5.26 Å². The molecule has 40 heavy (non-hydrogen) atoms. The fourth-order valence-corrected chi connectivity index (χ4v) is 4.16. The van der Waals surface area contributed by atoms with Gasteiger partial charge in [-0.25, -0.2) is 4.98 Å². The van der Waals surface area contributed by atoms with Gasteiger partial charge in [0.1, 0.15) is 11.9 Å². The Morgan fingerprint density at radius 1 is 0.950 bits per heavy atom. The lowest BCUT2D eigenvalue weighted by Gasteiger charge is -2.13. The highest BCUT2D eigenvalue weighted by Crippen LogP contribution is 2.30. The molecule has 2 N–H and O–H groups in total. The number of aromatic nitrogens is 2. The van der Waals surface area contributed by atoms with E-state index in [1.165, 1.54) is 7.11 Å². The summed E-state index contributed by atoms with van der Waals surface area (Å²) in [6, 6.07) is 30.6. The lowest BCUT2D eigenvalue weighted by atomic mass is 10.0. The van der Waals surface area contributed by atoms with Crippen LogP contribution in [0.1, 0.15) is 27.3 Å². The number of ether oxygens (including phenoxy) is 2. The van der Waals surface area contributed by atoms with Crippen molar-refractivity contribution in [2.75, 3.05) is 19.0 Å². The topological polar surface area (TPSA) is 117 Å². The van der Waals surface area contributed by atoms with Crippen LogP contribution in [-0.4, -0.2) is 35.4 Å². The molecule has 4 aromatic carbocycles. The first-order chi connectivity index (χ1) is 19.6. The van der Waals surface area contributed by atoms with Gasteiger partial charge in [0.2, 0.25) is 0 Å². The Balaban J connectivity index is 1.28. The average Bonchev–Trinajstić information content (AvgIpc) is 3.43. The minimum atomic E-state index is -0.434. The summed E-state index contributed by atoms with van der Waals surface area (Å²) >= 11 is 0. The Morgan fingerprint density at radius 2 is 1.70 bits per heavy atom. The number of ketones is 1. The lowest BCUT2D eigenvalue weighted by molar-refractivity contribution is -0.118. The van der Waals surface area contributed by atoms with Gasteiger partial charge >= 0.3 is 0 Å². The quantitative estimate of drug-likeness (QED) is 0.182. The number of nitriles is 1. The number of hydrogen-bond donors (Lipinski definition) is 2. The molecule has 5 aromatic rings. The van der Waals surface area contributed by atoms with E-state index in [1.54, 1.807) is 72.8 Å². The van der Waals surface area contributed by atoms with Crippen LogP contribution in [0.3, 0.4) is 0 Å². The SMILES string of the molecule is COc1cc(C=C(C#N)c2nc3ccccc3[nH]2)ccc1OCC(=O)Nc1ccccc1C(=O)c1ccccc1. The van der Waals surface area contributed by atoms with E-state index >= 15 is 0 Å². The van der Waals surface area contributed by atoms with E-state index in [0.717, 1.165) is 11.0 Å². The highest BCUT2D eigenvalue weighted by molar-refractivity contribution is 6.13. The molecule has 0 saturated carbocycles. The number of hydrogen-bond acceptors (Lipinski definition) is 6. The number of anilines is 1. The van der Waals surface area contributed by atoms with Crippen molar-refractivity contribution < 1.29 is 19.1 Å². The second-order valence-electron chi connectivity index (χ2n) is 8.76. The van der Waals surface area contributed by atoms with Crippen molar-refractivity contribution in [3.63, 3.8) is 0 Å². The van der Waals surface area contributed by atoms with E-state index in [1.807, 2.05) is 30.3 Å². The third-order valence-electron chi connectivity index (χ3n) is 6.10. The van der Waals surface area contributed by atoms with Gasteiger partial charge in [0, 0.05) is 11.1 Å². The molecular formula is C32H24N4O4. The number of H-pyrrole nitrogens is 1. The Bertz CT molecular complexity index is 1730. The first-order valence-corrected chi connectivity index (χ1v) is 12.4. The molecule has 0 unspecified atom stereocenters. The van der Waals surface area contributed by atoms with Crippen LogP contribution in [0.4, 0.5) is 5.69 Å². The summed E-state index contributed by atoms with van der Waals surface area (Å²) in [6.45, 7) is -0.304. The van der Waals surface area contributed by atoms with Crippen molar-refractivity contribution in [3.8, 4) is 17.6 Å². The number of carbonyl (C=O) groups excluding carboxylic acids is 2. The molecule has 1 heterocycles. The first kappa shape index (κ1) is 25.9. The minimum Gasteiger partial charge on any atom is -0.493 e. The summed E-state index contributed by atoms with van der Waals surface area (Å²) < 4.78 is 11.2. The molecule has 0 saturated heterocycles. The summed E-state index contributed by atoms with van der Waals surface area (Å²) in [5.74, 6) is 0.581. The molecule has 5 rings (SSSR count). The zero-order valence-corrected chi connectivity index (χ0v) is 21.5. The van der Waals surface area contributed by atoms with Gasteiger partial charge in [0.05, 0.1) is 29.4 Å². The van der Waals surface area contributed by atoms with E-state index in [0.29, 0.717) is 45.3 Å². The van der Waals surface area contributed by atoms with Crippen molar-refractivity contribution in [2.45, 2.75) is 0 Å². The number of fused-ring (bicyclic) bond motifs is 1. The standard InChI is InChI=1S/C32H24N4O4/c1-39-29-18-21(17-23(19-33)32-35-26-13-7-8-14-27(26)36-32)15-16-28(29)40-20-30(37)34-25-12-6-5-11-24(25)31(38)22-9-3-2-4-10-22/h2-18H,20H2,1H3,(H,34,37)(H,35,36). The molecule has 1 amide bonds. The summed E-state index contributed by atoms with van der Waals surface area (Å²) in [4.78, 5) is 33.3. The maximum Gasteiger partial charge on any atom is 0.262 e. The van der Waals surface area contributed by atoms with Crippen LogP contribution in [0.25, 0.3) is 22.7 Å². The number of benzene rings is 4. The Hall–Kier alpha value is -5.68. The highest BCUT2D eigenvalue weighted by atomic mass is 16.5. The van der Waals surface area contributed by atoms with Gasteiger partial charge < -0.3 is 19.8 Å². The summed E-state index contributed by atoms with van der Waals surface area (Å²) in [7, 11) is 1.49. The van der Waals surface area contributed by atoms with Gasteiger partial charge in [0.15, 0.2) is 23.9 Å². The third kappa shape index (κ3) is 5.74. The van der Waals surface area contributed by atoms with Crippen LogP contribution in [0.15, 0.2) is 97.1 Å². The van der Waals surface area contributed by atoms with Gasteiger partial charge in [0.25, 0.3) is 5.91 Å². The zero-order chi connectivity index (χ0) is 27.9. The Kier molecular flexibility index (Phi) is 7.65. The van der Waals surface area contributed by atoms with Crippen LogP contribution in [0.2, 0.25) is 0 Å². The van der Waals surface area contributed by atoms with Gasteiger partial charge in [-0.15, -0.1) is 0 Å². The number of imidazole rings is 1. The molecular weight excluding hydrogens is 504 g/mol. The number of nitrogens with one attached hydrogen (secondary N) is 2. The predicted octanol–water partition coefficient (Wildman–Crippen LogP) is 5.88. The smallest absolute Gasteiger partial charge is 0.262 e. The normalized spacial score (nSPS) is 11.1. The number of allylic oxidation sites excluding steroid dienone is 1. The first-order valence-electron chi connectivity index (χ1n) is 12.4. The molecule has 8 heteroatoms. The fraction of sp³-hybridized carbons (Fsp3) is 0.0625. The lowest BCUT2D eigenvalue weighted by Crippen LogP contribution is -2.21. The van der Waals surface area contributed by atoms with Crippen molar-refractivity contribution in [3.05, 3.63) is 120 Å². The minimum absolute atomic E-state index is 0.192. The predicted molar refractivity (Wildman–Crippen MR) is 153 cm³/mol. The molecule has 0 atom stereocenters. The number of methoxy groups -OCH3 is 1. The monoisotopic (exact) mass is 528 g/mol. The molecule has 8 nitrogen and oxygen atoms in total. The number of para-hydroxylation sites is 3. The molecule has 0 aliphatic heterocycles. The molecule has 1 aromatic heterocycles. The largest absolute Gasteiger partial charge is 0.493 e. The number of aromatic amines is 1. The molecule has 0 bridgehead atoms. The number of rotatable bonds is 9. The van der Waals surface area contributed by atoms with E-state index in [2.05, 4.69) is 21.4 Å². The second kappa shape index (κ2) is 11.8. The fourth-order valence-electron chi connectivity index (χ4n) is 4.16. The number of carbonyl (C=O) groups is 2. The summed E-state index contributed by atoms with van der Waals surface area (Å²) in [6.07, 6.45) is 1.69. The van der Waals surface area contributed by atoms with Crippen LogP contribution < -0.4 is 14.8 Å². The van der Waals surface area contributed by atoms with Crippen LogP contribution in [0.5, 0.6) is 11.5 Å². The van der Waals surface area contributed by atoms with Crippen LogP contribution in [-0.2, 0) is 4.79 Å². The zero-order valence-electron chi connectivity index (χ0n) is 21.5. The molecule has 0 aliphatic carbocycles. The van der Waals surface area contributed by atoms with Crippen LogP contribution >= 0.6 is 0 Å². The molecule has 0 radical (unpaired) electrons. The Labute approximate surface area is 230 Å². The van der Waals surface area contributed by atoms with E-state index in [4.69, 9.17) is 9.47 Å². The molecule has 0 aliphatic rings. The maximum atomic E-state index is 12.9. The van der Waals surface area contributed by atoms with Crippen LogP contribution in [0, 0.1) is 11.3 Å². The molecule has 0 spiro atoms. The summed E-state index contributed by atoms with van der Waals surface area (Å²) in [5.41, 5.74) is 3.96. The Morgan fingerprint density at radius 3 is 2.48 bits per heavy atom. The van der Waals surface area contributed by atoms with Crippen molar-refractivity contribution in [2.24, 2.45) is 0 Å². The van der Waals surface area contributed by atoms with Crippen molar-refractivity contribution >= 4 is 40.1 Å². The van der Waals surface area contributed by atoms with E-state index < -0.39 is 5.91 Å². The molecule has 0 fully saturated rings. The van der Waals surface area contributed by atoms with Gasteiger partial charge in [-0.05, 0) is 48.0 Å².